The smallest absolute Gasteiger partial charge is 0.279 e. The number of nitriles is 1. The van der Waals surface area contributed by atoms with Crippen LogP contribution in [-0.2, 0) is 0 Å². The first kappa shape index (κ1) is 6.66. The highest BCUT2D eigenvalue weighted by atomic mass is 32.2. The summed E-state index contributed by atoms with van der Waals surface area (Å²) in [7, 11) is 0. The van der Waals surface area contributed by atoms with E-state index in [0.717, 1.165) is 0 Å². The number of rotatable bonds is 1. The summed E-state index contributed by atoms with van der Waals surface area (Å²) < 4.78 is 2.08. The standard InChI is InChI=1S/C2H2N2OS2/c3-1-7-4-2(5)6/h(H2,4,5,6). The molecule has 0 heterocycles. The molecular weight excluding hydrogens is 132 g/mol. The summed E-state index contributed by atoms with van der Waals surface area (Å²) in [5.41, 5.74) is 0. The summed E-state index contributed by atoms with van der Waals surface area (Å²) in [5.74, 6) is 0. The van der Waals surface area contributed by atoms with E-state index in [4.69, 9.17) is 5.26 Å². The van der Waals surface area contributed by atoms with Gasteiger partial charge in [-0.3, -0.25) is 9.52 Å². The molecule has 0 aliphatic carbocycles. The maximum absolute atomic E-state index is 9.78. The molecule has 3 nitrogen and oxygen atoms in total. The van der Waals surface area contributed by atoms with Crippen LogP contribution in [0, 0.1) is 10.7 Å². The van der Waals surface area contributed by atoms with Gasteiger partial charge in [-0.25, -0.2) is 0 Å². The summed E-state index contributed by atoms with van der Waals surface area (Å²) in [5, 5.41) is 8.91. The van der Waals surface area contributed by atoms with Gasteiger partial charge in [0.25, 0.3) is 5.24 Å². The Morgan fingerprint density at radius 1 is 2.00 bits per heavy atom. The maximum atomic E-state index is 9.78. The topological polar surface area (TPSA) is 52.9 Å². The molecular formula is C2H2N2OS2. The zero-order chi connectivity index (χ0) is 5.70. The lowest BCUT2D eigenvalue weighted by Crippen LogP contribution is -2.03. The maximum Gasteiger partial charge on any atom is 0.286 e. The van der Waals surface area contributed by atoms with Gasteiger partial charge in [-0.1, -0.05) is 12.6 Å². The minimum atomic E-state index is -0.508. The van der Waals surface area contributed by atoms with Crippen LogP contribution in [0.5, 0.6) is 0 Å². The van der Waals surface area contributed by atoms with E-state index < -0.39 is 5.24 Å². The zero-order valence-electron chi connectivity index (χ0n) is 3.21. The fourth-order valence-corrected chi connectivity index (χ4v) is 0.336. The van der Waals surface area contributed by atoms with Gasteiger partial charge in [-0.15, -0.1) is 0 Å². The van der Waals surface area contributed by atoms with E-state index in [0.29, 0.717) is 11.9 Å². The van der Waals surface area contributed by atoms with Crippen molar-refractivity contribution in [1.82, 2.24) is 4.72 Å². The number of carbonyl (C=O) groups excluding carboxylic acids is 1. The molecule has 0 atom stereocenters. The number of nitrogens with zero attached hydrogens (tertiary/aromatic N) is 1. The fraction of sp³-hybridized carbons (Fsp3) is 0. The third-order valence-corrected chi connectivity index (χ3v) is 0.826. The van der Waals surface area contributed by atoms with Crippen molar-refractivity contribution in [1.29, 1.82) is 5.26 Å². The normalized spacial score (nSPS) is 6.86. The molecule has 0 rings (SSSR count). The lowest BCUT2D eigenvalue weighted by atomic mass is 11.5. The number of hydrogen-bond acceptors (Lipinski definition) is 3. The van der Waals surface area contributed by atoms with Gasteiger partial charge in [0.05, 0.1) is 11.9 Å². The Balaban J connectivity index is 3.02. The fourth-order valence-electron chi connectivity index (χ4n) is 0.0665. The Morgan fingerprint density at radius 2 is 2.57 bits per heavy atom. The molecule has 0 unspecified atom stereocenters. The lowest BCUT2D eigenvalue weighted by molar-refractivity contribution is 0.265. The number of nitrogens with one attached hydrogen (secondary N) is 1. The van der Waals surface area contributed by atoms with Crippen molar-refractivity contribution in [3.05, 3.63) is 0 Å². The van der Waals surface area contributed by atoms with Crippen molar-refractivity contribution in [2.45, 2.75) is 0 Å². The summed E-state index contributed by atoms with van der Waals surface area (Å²) in [6.45, 7) is 0. The van der Waals surface area contributed by atoms with Crippen LogP contribution in [-0.4, -0.2) is 5.24 Å². The van der Waals surface area contributed by atoms with Crippen LogP contribution in [0.15, 0.2) is 0 Å². The van der Waals surface area contributed by atoms with Crippen LogP contribution >= 0.6 is 24.6 Å². The van der Waals surface area contributed by atoms with Gasteiger partial charge < -0.3 is 0 Å². The molecule has 0 aromatic rings. The van der Waals surface area contributed by atoms with Gasteiger partial charge in [0, 0.05) is 0 Å². The summed E-state index contributed by atoms with van der Waals surface area (Å²) >= 11 is 3.96. The Bertz CT molecular complexity index is 107. The van der Waals surface area contributed by atoms with Crippen LogP contribution in [0.2, 0.25) is 0 Å². The predicted molar refractivity (Wildman–Crippen MR) is 30.7 cm³/mol. The average molecular weight is 134 g/mol. The van der Waals surface area contributed by atoms with Gasteiger partial charge in [0.15, 0.2) is 5.40 Å². The molecule has 0 aromatic heterocycles. The van der Waals surface area contributed by atoms with Gasteiger partial charge in [-0.2, -0.15) is 5.26 Å². The molecule has 0 fully saturated rings. The van der Waals surface area contributed by atoms with E-state index in [2.05, 4.69) is 17.4 Å². The number of hydrogen-bond donors (Lipinski definition) is 2. The zero-order valence-corrected chi connectivity index (χ0v) is 4.92. The molecule has 0 saturated carbocycles. The highest BCUT2D eigenvalue weighted by Gasteiger charge is 1.85. The first-order chi connectivity index (χ1) is 3.27. The van der Waals surface area contributed by atoms with Crippen LogP contribution in [0.1, 0.15) is 0 Å². The van der Waals surface area contributed by atoms with E-state index in [-0.39, 0.29) is 0 Å². The highest BCUT2D eigenvalue weighted by Crippen LogP contribution is 1.88. The summed E-state index contributed by atoms with van der Waals surface area (Å²) in [6.07, 6.45) is 0. The highest BCUT2D eigenvalue weighted by molar-refractivity contribution is 8.05. The number of thiol groups is 1. The average Bonchev–Trinajstić information content (AvgIpc) is 1.61. The third kappa shape index (κ3) is 5.66. The van der Waals surface area contributed by atoms with E-state index in [1.807, 2.05) is 0 Å². The predicted octanol–water partition coefficient (Wildman–Crippen LogP) is 0.755. The molecule has 0 bridgehead atoms. The van der Waals surface area contributed by atoms with Crippen LogP contribution < -0.4 is 4.72 Å². The van der Waals surface area contributed by atoms with Gasteiger partial charge in [0.2, 0.25) is 0 Å². The molecule has 7 heavy (non-hydrogen) atoms. The molecule has 38 valence electrons. The largest absolute Gasteiger partial charge is 0.286 e. The number of thiocyanates is 1. The van der Waals surface area contributed by atoms with Crippen LogP contribution in [0.3, 0.4) is 0 Å². The van der Waals surface area contributed by atoms with Crippen molar-refractivity contribution in [3.8, 4) is 5.40 Å². The molecule has 0 aliphatic heterocycles. The first-order valence-electron chi connectivity index (χ1n) is 1.31. The number of carbonyl (C=O) groups is 1. The Kier molecular flexibility index (Phi) is 3.65. The Labute approximate surface area is 50.6 Å². The van der Waals surface area contributed by atoms with E-state index in [1.54, 1.807) is 5.40 Å². The molecule has 5 heteroatoms. The van der Waals surface area contributed by atoms with Crippen LogP contribution in [0.4, 0.5) is 4.79 Å². The monoisotopic (exact) mass is 134 g/mol. The molecule has 0 aliphatic rings. The van der Waals surface area contributed by atoms with Crippen molar-refractivity contribution < 1.29 is 4.79 Å². The summed E-state index contributed by atoms with van der Waals surface area (Å²) in [6, 6.07) is 0. The minimum Gasteiger partial charge on any atom is -0.279 e. The Morgan fingerprint density at radius 3 is 2.71 bits per heavy atom. The SMILES string of the molecule is N#CSNC(=O)S. The quantitative estimate of drug-likeness (QED) is 0.316. The molecule has 1 amide bonds. The van der Waals surface area contributed by atoms with Gasteiger partial charge >= 0.3 is 0 Å². The van der Waals surface area contributed by atoms with Gasteiger partial charge in [-0.05, 0) is 0 Å². The van der Waals surface area contributed by atoms with Crippen molar-refractivity contribution in [3.63, 3.8) is 0 Å². The minimum absolute atomic E-state index is 0.508. The second kappa shape index (κ2) is 3.84. The Hall–Kier alpha value is -0.340. The molecule has 0 saturated heterocycles. The van der Waals surface area contributed by atoms with Crippen molar-refractivity contribution >= 4 is 29.8 Å². The molecule has 1 N–H and O–H groups in total. The first-order valence-corrected chi connectivity index (χ1v) is 2.57. The van der Waals surface area contributed by atoms with Crippen molar-refractivity contribution in [2.24, 2.45) is 0 Å². The van der Waals surface area contributed by atoms with E-state index in [9.17, 15) is 4.79 Å². The molecule has 0 spiro atoms. The second-order valence-corrected chi connectivity index (χ2v) is 1.60. The second-order valence-electron chi connectivity index (χ2n) is 0.601. The molecule has 0 aromatic carbocycles. The van der Waals surface area contributed by atoms with E-state index >= 15 is 0 Å². The summed E-state index contributed by atoms with van der Waals surface area (Å²) in [4.78, 5) is 9.78. The third-order valence-electron chi connectivity index (χ3n) is 0.184. The van der Waals surface area contributed by atoms with Gasteiger partial charge in [0.1, 0.15) is 0 Å². The van der Waals surface area contributed by atoms with E-state index in [1.165, 1.54) is 0 Å². The lowest BCUT2D eigenvalue weighted by Gasteiger charge is -1.83. The number of amides is 1. The van der Waals surface area contributed by atoms with Crippen LogP contribution in [0.25, 0.3) is 0 Å². The molecule has 0 radical (unpaired) electrons. The van der Waals surface area contributed by atoms with Crippen molar-refractivity contribution in [2.75, 3.05) is 0 Å².